The summed E-state index contributed by atoms with van der Waals surface area (Å²) in [6, 6.07) is -4.63. The molecule has 0 aromatic rings. The van der Waals surface area contributed by atoms with Gasteiger partial charge in [-0.2, -0.15) is 0 Å². The van der Waals surface area contributed by atoms with Crippen molar-refractivity contribution in [2.75, 3.05) is 6.54 Å². The number of carboxylic acid groups (broad SMARTS) is 3. The molecule has 9 N–H and O–H groups in total. The number of hydrogen-bond donors (Lipinski definition) is 8. The molecule has 170 valence electrons. The zero-order chi connectivity index (χ0) is 23.4. The topological polar surface area (TPSA) is 245 Å². The molecule has 0 aromatic carbocycles. The number of carbonyl (C=O) groups excluding carboxylic acids is 3. The van der Waals surface area contributed by atoms with Gasteiger partial charge in [-0.25, -0.2) is 4.79 Å². The van der Waals surface area contributed by atoms with Crippen LogP contribution in [0.1, 0.15) is 32.6 Å². The van der Waals surface area contributed by atoms with E-state index in [0.717, 1.165) is 6.92 Å². The van der Waals surface area contributed by atoms with Crippen LogP contribution in [0.3, 0.4) is 0 Å². The zero-order valence-corrected chi connectivity index (χ0v) is 16.2. The van der Waals surface area contributed by atoms with Crippen molar-refractivity contribution < 1.29 is 49.2 Å². The maximum absolute atomic E-state index is 12.4. The molecule has 0 bridgehead atoms. The number of amides is 3. The first-order valence-electron chi connectivity index (χ1n) is 8.83. The van der Waals surface area contributed by atoms with Gasteiger partial charge < -0.3 is 42.1 Å². The van der Waals surface area contributed by atoms with E-state index < -0.39 is 85.7 Å². The van der Waals surface area contributed by atoms with E-state index in [1.165, 1.54) is 0 Å². The molecule has 0 saturated carbocycles. The lowest BCUT2D eigenvalue weighted by atomic mass is 10.1. The van der Waals surface area contributed by atoms with Crippen LogP contribution in [0.5, 0.6) is 0 Å². The fourth-order valence-electron chi connectivity index (χ4n) is 2.24. The third-order valence-electron chi connectivity index (χ3n) is 3.81. The molecule has 4 unspecified atom stereocenters. The van der Waals surface area contributed by atoms with Crippen LogP contribution in [-0.4, -0.2) is 86.8 Å². The highest BCUT2D eigenvalue weighted by atomic mass is 16.4. The number of aliphatic hydroxyl groups is 1. The molecule has 14 heteroatoms. The van der Waals surface area contributed by atoms with Gasteiger partial charge in [0.25, 0.3) is 0 Å². The smallest absolute Gasteiger partial charge is 0.326 e. The quantitative estimate of drug-likeness (QED) is 0.134. The summed E-state index contributed by atoms with van der Waals surface area (Å²) >= 11 is 0. The first kappa shape index (κ1) is 26.7. The highest BCUT2D eigenvalue weighted by Crippen LogP contribution is 2.04. The van der Waals surface area contributed by atoms with Crippen molar-refractivity contribution in [3.8, 4) is 0 Å². The Labute approximate surface area is 170 Å². The Hall–Kier alpha value is -3.26. The molecular weight excluding hydrogens is 408 g/mol. The minimum atomic E-state index is -1.66. The van der Waals surface area contributed by atoms with Crippen LogP contribution in [0.4, 0.5) is 0 Å². The molecule has 0 saturated heterocycles. The summed E-state index contributed by atoms with van der Waals surface area (Å²) < 4.78 is 0. The van der Waals surface area contributed by atoms with E-state index in [0.29, 0.717) is 0 Å². The molecule has 0 heterocycles. The fourth-order valence-corrected chi connectivity index (χ4v) is 2.24. The van der Waals surface area contributed by atoms with E-state index in [4.69, 9.17) is 21.1 Å². The summed E-state index contributed by atoms with van der Waals surface area (Å²) in [5, 5.41) is 42.7. The predicted octanol–water partition coefficient (Wildman–Crippen LogP) is -3.41. The number of carbonyl (C=O) groups is 6. The first-order valence-corrected chi connectivity index (χ1v) is 8.83. The highest BCUT2D eigenvalue weighted by molar-refractivity contribution is 5.94. The van der Waals surface area contributed by atoms with Gasteiger partial charge in [-0.1, -0.05) is 0 Å². The Bertz CT molecular complexity index is 666. The van der Waals surface area contributed by atoms with Gasteiger partial charge in [0, 0.05) is 12.8 Å². The van der Waals surface area contributed by atoms with E-state index in [1.807, 2.05) is 5.32 Å². The van der Waals surface area contributed by atoms with Gasteiger partial charge in [0.15, 0.2) is 0 Å². The average Bonchev–Trinajstić information content (AvgIpc) is 2.64. The molecule has 0 aliphatic rings. The number of nitrogens with two attached hydrogens (primary N) is 1. The molecule has 0 aliphatic carbocycles. The third kappa shape index (κ3) is 10.3. The Morgan fingerprint density at radius 3 is 1.70 bits per heavy atom. The second-order valence-electron chi connectivity index (χ2n) is 6.32. The fraction of sp³-hybridized carbons (Fsp3) is 0.625. The van der Waals surface area contributed by atoms with Gasteiger partial charge in [0.1, 0.15) is 18.1 Å². The molecule has 4 atom stereocenters. The van der Waals surface area contributed by atoms with Gasteiger partial charge in [-0.15, -0.1) is 0 Å². The summed E-state index contributed by atoms with van der Waals surface area (Å²) in [4.78, 5) is 68.8. The summed E-state index contributed by atoms with van der Waals surface area (Å²) in [5.74, 6) is -6.93. The maximum atomic E-state index is 12.4. The van der Waals surface area contributed by atoms with Crippen molar-refractivity contribution in [1.82, 2.24) is 16.0 Å². The second-order valence-corrected chi connectivity index (χ2v) is 6.32. The maximum Gasteiger partial charge on any atom is 0.326 e. The molecule has 0 fully saturated rings. The Morgan fingerprint density at radius 1 is 0.800 bits per heavy atom. The molecular formula is C16H26N4O10. The standard InChI is InChI=1S/C16H26N4O10/c1-7(21)13(15(28)19-9(16(29)30)3-5-12(25)26)20-14(27)8(2-4-11(23)24)18-10(22)6-17/h7-9,13,21H,2-6,17H2,1H3,(H,18,22)(H,19,28)(H,20,27)(H,23,24)(H,25,26)(H,29,30). The van der Waals surface area contributed by atoms with E-state index >= 15 is 0 Å². The predicted molar refractivity (Wildman–Crippen MR) is 97.9 cm³/mol. The van der Waals surface area contributed by atoms with Crippen molar-refractivity contribution in [3.05, 3.63) is 0 Å². The molecule has 0 rings (SSSR count). The zero-order valence-electron chi connectivity index (χ0n) is 16.2. The van der Waals surface area contributed by atoms with E-state index in [1.54, 1.807) is 0 Å². The molecule has 0 radical (unpaired) electrons. The third-order valence-corrected chi connectivity index (χ3v) is 3.81. The first-order chi connectivity index (χ1) is 13.9. The lowest BCUT2D eigenvalue weighted by Gasteiger charge is -2.25. The molecule has 30 heavy (non-hydrogen) atoms. The van der Waals surface area contributed by atoms with Crippen LogP contribution < -0.4 is 21.7 Å². The van der Waals surface area contributed by atoms with Crippen molar-refractivity contribution in [3.63, 3.8) is 0 Å². The Balaban J connectivity index is 5.30. The summed E-state index contributed by atoms with van der Waals surface area (Å²) in [5.41, 5.74) is 5.15. The van der Waals surface area contributed by atoms with Crippen LogP contribution in [0.15, 0.2) is 0 Å². The van der Waals surface area contributed by atoms with Gasteiger partial charge in [0.2, 0.25) is 17.7 Å². The minimum absolute atomic E-state index is 0.336. The van der Waals surface area contributed by atoms with E-state index in [2.05, 4.69) is 10.6 Å². The number of aliphatic carboxylic acids is 3. The summed E-state index contributed by atoms with van der Waals surface area (Å²) in [7, 11) is 0. The van der Waals surface area contributed by atoms with Crippen LogP contribution in [0, 0.1) is 0 Å². The lowest BCUT2D eigenvalue weighted by molar-refractivity contribution is -0.144. The van der Waals surface area contributed by atoms with Gasteiger partial charge in [-0.3, -0.25) is 24.0 Å². The molecule has 3 amide bonds. The Kier molecular flexibility index (Phi) is 11.6. The largest absolute Gasteiger partial charge is 0.481 e. The van der Waals surface area contributed by atoms with Crippen molar-refractivity contribution >= 4 is 35.6 Å². The number of nitrogens with one attached hydrogen (secondary N) is 3. The van der Waals surface area contributed by atoms with Gasteiger partial charge in [0.05, 0.1) is 12.6 Å². The van der Waals surface area contributed by atoms with Gasteiger partial charge >= 0.3 is 17.9 Å². The number of carboxylic acids is 3. The average molecular weight is 434 g/mol. The van der Waals surface area contributed by atoms with Gasteiger partial charge in [-0.05, 0) is 19.8 Å². The number of aliphatic hydroxyl groups excluding tert-OH is 1. The molecule has 0 aromatic heterocycles. The SMILES string of the molecule is CC(O)C(NC(=O)C(CCC(=O)O)NC(=O)CN)C(=O)NC(CCC(=O)O)C(=O)O. The van der Waals surface area contributed by atoms with Crippen LogP contribution >= 0.6 is 0 Å². The van der Waals surface area contributed by atoms with Crippen molar-refractivity contribution in [2.24, 2.45) is 5.73 Å². The molecule has 0 aliphatic heterocycles. The van der Waals surface area contributed by atoms with Crippen LogP contribution in [0.2, 0.25) is 0 Å². The summed E-state index contributed by atoms with van der Waals surface area (Å²) in [6.07, 6.45) is -3.33. The lowest BCUT2D eigenvalue weighted by Crippen LogP contribution is -2.59. The van der Waals surface area contributed by atoms with Crippen LogP contribution in [0.25, 0.3) is 0 Å². The number of rotatable bonds is 14. The van der Waals surface area contributed by atoms with Crippen molar-refractivity contribution in [2.45, 2.75) is 56.8 Å². The second kappa shape index (κ2) is 13.1. The van der Waals surface area contributed by atoms with Crippen molar-refractivity contribution in [1.29, 1.82) is 0 Å². The molecule has 14 nitrogen and oxygen atoms in total. The minimum Gasteiger partial charge on any atom is -0.481 e. The van der Waals surface area contributed by atoms with E-state index in [-0.39, 0.29) is 6.42 Å². The number of hydrogen-bond acceptors (Lipinski definition) is 8. The summed E-state index contributed by atoms with van der Waals surface area (Å²) in [6.45, 7) is 0.642. The van der Waals surface area contributed by atoms with E-state index in [9.17, 15) is 33.9 Å². The normalized spacial score (nSPS) is 14.5. The molecule has 0 spiro atoms. The monoisotopic (exact) mass is 434 g/mol. The highest BCUT2D eigenvalue weighted by Gasteiger charge is 2.32. The Morgan fingerprint density at radius 2 is 1.30 bits per heavy atom. The van der Waals surface area contributed by atoms with Crippen LogP contribution in [-0.2, 0) is 28.8 Å².